The molecule has 6 nitrogen and oxygen atoms in total. The fraction of sp³-hybridized carbons (Fsp3) is 0.524. The first-order chi connectivity index (χ1) is 13.1. The topological polar surface area (TPSA) is 58.8 Å². The summed E-state index contributed by atoms with van der Waals surface area (Å²) >= 11 is 0. The van der Waals surface area contributed by atoms with E-state index in [-0.39, 0.29) is 17.9 Å². The lowest BCUT2D eigenvalue weighted by Gasteiger charge is -2.47. The van der Waals surface area contributed by atoms with Crippen molar-refractivity contribution in [3.8, 4) is 5.75 Å². The maximum absolute atomic E-state index is 12.9. The lowest BCUT2D eigenvalue weighted by Crippen LogP contribution is -2.52. The fourth-order valence-corrected chi connectivity index (χ4v) is 4.48. The number of ether oxygens (including phenoxy) is 1. The predicted molar refractivity (Wildman–Crippen MR) is 102 cm³/mol. The molecule has 0 bridgehead atoms. The molecule has 0 radical (unpaired) electrons. The van der Waals surface area contributed by atoms with Crippen LogP contribution >= 0.6 is 0 Å². The van der Waals surface area contributed by atoms with Crippen molar-refractivity contribution < 1.29 is 14.1 Å². The summed E-state index contributed by atoms with van der Waals surface area (Å²) in [7, 11) is 2.18. The zero-order valence-electron chi connectivity index (χ0n) is 15.9. The van der Waals surface area contributed by atoms with Crippen LogP contribution in [0.1, 0.15) is 41.9 Å². The van der Waals surface area contributed by atoms with E-state index in [9.17, 15) is 4.79 Å². The van der Waals surface area contributed by atoms with Crippen molar-refractivity contribution in [2.45, 2.75) is 32.3 Å². The van der Waals surface area contributed by atoms with Crippen LogP contribution in [0.3, 0.4) is 0 Å². The molecule has 0 saturated carbocycles. The molecule has 144 valence electrons. The Bertz CT molecular complexity index is 772. The largest absolute Gasteiger partial charge is 0.486 e. The molecule has 0 unspecified atom stereocenters. The van der Waals surface area contributed by atoms with Crippen LogP contribution in [0.4, 0.5) is 0 Å². The van der Waals surface area contributed by atoms with Gasteiger partial charge in [0.15, 0.2) is 11.5 Å². The quantitative estimate of drug-likeness (QED) is 0.828. The molecule has 0 aliphatic carbocycles. The zero-order chi connectivity index (χ0) is 18.7. The van der Waals surface area contributed by atoms with Crippen LogP contribution < -0.4 is 4.74 Å². The van der Waals surface area contributed by atoms with E-state index >= 15 is 0 Å². The molecule has 0 N–H and O–H groups in total. The summed E-state index contributed by atoms with van der Waals surface area (Å²) in [6.07, 6.45) is 4.68. The smallest absolute Gasteiger partial charge is 0.276 e. The molecule has 2 saturated heterocycles. The molecule has 1 aromatic carbocycles. The van der Waals surface area contributed by atoms with Crippen LogP contribution in [0.2, 0.25) is 0 Å². The number of likely N-dealkylation sites (tertiary alicyclic amines) is 2. The van der Waals surface area contributed by atoms with Gasteiger partial charge in [-0.15, -0.1) is 0 Å². The van der Waals surface area contributed by atoms with Gasteiger partial charge in [0, 0.05) is 31.1 Å². The highest BCUT2D eigenvalue weighted by Crippen LogP contribution is 2.38. The summed E-state index contributed by atoms with van der Waals surface area (Å²) < 4.78 is 11.0. The standard InChI is InChI=1S/C21H27N3O3/c1-23-11-5-9-21(15-23)10-6-12-24(16-21)20(25)19-13-18(27-22-19)14-26-17-7-3-2-4-8-17/h2-4,7-8,13H,5-6,9-12,14-16H2,1H3/t21-/m1/s1. The summed E-state index contributed by atoms with van der Waals surface area (Å²) in [5.74, 6) is 1.30. The number of carbonyl (C=O) groups is 1. The molecule has 2 aliphatic heterocycles. The number of hydrogen-bond donors (Lipinski definition) is 0. The second kappa shape index (κ2) is 7.72. The van der Waals surface area contributed by atoms with Crippen molar-refractivity contribution in [3.63, 3.8) is 0 Å². The average Bonchev–Trinajstić information content (AvgIpc) is 3.15. The van der Waals surface area contributed by atoms with Crippen molar-refractivity contribution in [1.29, 1.82) is 0 Å². The summed E-state index contributed by atoms with van der Waals surface area (Å²) in [4.78, 5) is 17.3. The van der Waals surface area contributed by atoms with E-state index in [0.717, 1.165) is 38.3 Å². The fourth-order valence-electron chi connectivity index (χ4n) is 4.48. The third-order valence-electron chi connectivity index (χ3n) is 5.70. The number of carbonyl (C=O) groups excluding carboxylic acids is 1. The van der Waals surface area contributed by atoms with Gasteiger partial charge in [0.05, 0.1) is 0 Å². The molecule has 1 amide bonds. The van der Waals surface area contributed by atoms with Crippen molar-refractivity contribution in [2.24, 2.45) is 5.41 Å². The number of nitrogens with zero attached hydrogens (tertiary/aromatic N) is 3. The van der Waals surface area contributed by atoms with Crippen molar-refractivity contribution in [2.75, 3.05) is 33.2 Å². The lowest BCUT2D eigenvalue weighted by molar-refractivity contribution is 0.0201. The third kappa shape index (κ3) is 4.16. The summed E-state index contributed by atoms with van der Waals surface area (Å²) in [5, 5.41) is 4.00. The minimum Gasteiger partial charge on any atom is -0.486 e. The second-order valence-corrected chi connectivity index (χ2v) is 7.95. The Morgan fingerprint density at radius 3 is 2.74 bits per heavy atom. The molecule has 1 spiro atoms. The van der Waals surface area contributed by atoms with Crippen molar-refractivity contribution >= 4 is 5.91 Å². The molecule has 1 atom stereocenters. The Balaban J connectivity index is 1.38. The van der Waals surface area contributed by atoms with Gasteiger partial charge in [0.1, 0.15) is 12.4 Å². The highest BCUT2D eigenvalue weighted by Gasteiger charge is 2.40. The number of para-hydroxylation sites is 1. The van der Waals surface area contributed by atoms with E-state index in [4.69, 9.17) is 9.26 Å². The molecule has 2 aliphatic rings. The number of rotatable bonds is 4. The molecule has 6 heteroatoms. The summed E-state index contributed by atoms with van der Waals surface area (Å²) in [6, 6.07) is 11.2. The molecular formula is C21H27N3O3. The van der Waals surface area contributed by atoms with E-state index in [1.165, 1.54) is 19.3 Å². The monoisotopic (exact) mass is 369 g/mol. The van der Waals surface area contributed by atoms with Crippen LogP contribution in [0, 0.1) is 5.41 Å². The summed E-state index contributed by atoms with van der Waals surface area (Å²) in [5.41, 5.74) is 0.618. The predicted octanol–water partition coefficient (Wildman–Crippen LogP) is 3.20. The highest BCUT2D eigenvalue weighted by atomic mass is 16.5. The Morgan fingerprint density at radius 1 is 1.19 bits per heavy atom. The Hall–Kier alpha value is -2.34. The van der Waals surface area contributed by atoms with E-state index < -0.39 is 0 Å². The maximum atomic E-state index is 12.9. The van der Waals surface area contributed by atoms with Gasteiger partial charge in [-0.25, -0.2) is 0 Å². The molecule has 3 heterocycles. The Morgan fingerprint density at radius 2 is 1.96 bits per heavy atom. The average molecular weight is 369 g/mol. The van der Waals surface area contributed by atoms with Crippen LogP contribution in [0.5, 0.6) is 5.75 Å². The summed E-state index contributed by atoms with van der Waals surface area (Å²) in [6.45, 7) is 4.11. The van der Waals surface area contributed by atoms with E-state index in [1.54, 1.807) is 6.07 Å². The number of hydrogen-bond acceptors (Lipinski definition) is 5. The van der Waals surface area contributed by atoms with Gasteiger partial charge in [-0.3, -0.25) is 4.79 Å². The number of amides is 1. The van der Waals surface area contributed by atoms with Crippen molar-refractivity contribution in [3.05, 3.63) is 47.9 Å². The molecule has 27 heavy (non-hydrogen) atoms. The van der Waals surface area contributed by atoms with Crippen LogP contribution in [-0.2, 0) is 6.61 Å². The SMILES string of the molecule is CN1CCC[C@@]2(CCCN(C(=O)c3cc(COc4ccccc4)on3)C2)C1. The number of piperidine rings is 2. The van der Waals surface area contributed by atoms with Gasteiger partial charge in [-0.05, 0) is 51.4 Å². The van der Waals surface area contributed by atoms with Crippen molar-refractivity contribution in [1.82, 2.24) is 15.0 Å². The highest BCUT2D eigenvalue weighted by molar-refractivity contribution is 5.92. The van der Waals surface area contributed by atoms with Crippen LogP contribution in [0.25, 0.3) is 0 Å². The maximum Gasteiger partial charge on any atom is 0.276 e. The first kappa shape index (κ1) is 18.0. The van der Waals surface area contributed by atoms with Gasteiger partial charge in [0.25, 0.3) is 5.91 Å². The van der Waals surface area contributed by atoms with Gasteiger partial charge < -0.3 is 19.1 Å². The van der Waals surface area contributed by atoms with Gasteiger partial charge in [-0.1, -0.05) is 23.4 Å². The lowest BCUT2D eigenvalue weighted by atomic mass is 9.74. The molecule has 1 aromatic heterocycles. The number of benzene rings is 1. The minimum atomic E-state index is -0.0305. The Labute approximate surface area is 160 Å². The van der Waals surface area contributed by atoms with E-state index in [0.29, 0.717) is 11.5 Å². The van der Waals surface area contributed by atoms with E-state index in [2.05, 4.69) is 17.1 Å². The van der Waals surface area contributed by atoms with Gasteiger partial charge in [-0.2, -0.15) is 0 Å². The second-order valence-electron chi connectivity index (χ2n) is 7.95. The third-order valence-corrected chi connectivity index (χ3v) is 5.70. The first-order valence-electron chi connectivity index (χ1n) is 9.75. The van der Waals surface area contributed by atoms with Gasteiger partial charge >= 0.3 is 0 Å². The van der Waals surface area contributed by atoms with Gasteiger partial charge in [0.2, 0.25) is 0 Å². The molecular weight excluding hydrogens is 342 g/mol. The zero-order valence-corrected chi connectivity index (χ0v) is 15.9. The molecule has 2 fully saturated rings. The van der Waals surface area contributed by atoms with Crippen LogP contribution in [0.15, 0.2) is 40.9 Å². The normalized spacial score (nSPS) is 23.5. The first-order valence-corrected chi connectivity index (χ1v) is 9.75. The Kier molecular flexibility index (Phi) is 5.16. The molecule has 2 aromatic rings. The number of aromatic nitrogens is 1. The minimum absolute atomic E-state index is 0.0305. The van der Waals surface area contributed by atoms with Crippen LogP contribution in [-0.4, -0.2) is 54.1 Å². The van der Waals surface area contributed by atoms with E-state index in [1.807, 2.05) is 35.2 Å². The molecule has 4 rings (SSSR count).